The van der Waals surface area contributed by atoms with Crippen LogP contribution in [0.1, 0.15) is 15.9 Å². The van der Waals surface area contributed by atoms with Crippen molar-refractivity contribution in [2.24, 2.45) is 0 Å². The fourth-order valence-electron chi connectivity index (χ4n) is 2.25. The van der Waals surface area contributed by atoms with E-state index in [0.29, 0.717) is 22.8 Å². The molecule has 0 atom stereocenters. The van der Waals surface area contributed by atoms with Crippen LogP contribution in [0.15, 0.2) is 48.8 Å². The van der Waals surface area contributed by atoms with E-state index in [2.05, 4.69) is 10.4 Å². The van der Waals surface area contributed by atoms with Crippen LogP contribution in [0, 0.1) is 5.82 Å². The molecule has 0 fully saturated rings. The minimum atomic E-state index is -0.435. The molecule has 0 aliphatic carbocycles. The Bertz CT molecular complexity index is 922. The molecule has 3 rings (SSSR count). The molecule has 128 valence electrons. The van der Waals surface area contributed by atoms with Crippen molar-refractivity contribution in [3.8, 4) is 0 Å². The van der Waals surface area contributed by atoms with Gasteiger partial charge in [-0.1, -0.05) is 46.9 Å². The van der Waals surface area contributed by atoms with Crippen LogP contribution in [0.4, 0.5) is 10.1 Å². The summed E-state index contributed by atoms with van der Waals surface area (Å²) in [6, 6.07) is 8.98. The van der Waals surface area contributed by atoms with E-state index in [9.17, 15) is 9.18 Å². The molecule has 1 heterocycles. The number of carbonyl (C=O) groups is 1. The molecule has 0 saturated carbocycles. The first kappa shape index (κ1) is 17.7. The lowest BCUT2D eigenvalue weighted by atomic mass is 10.2. The molecule has 0 radical (unpaired) electrons. The van der Waals surface area contributed by atoms with Gasteiger partial charge in [0.2, 0.25) is 0 Å². The highest BCUT2D eigenvalue weighted by Gasteiger charge is 2.15. The largest absolute Gasteiger partial charge is 0.319 e. The molecule has 25 heavy (non-hydrogen) atoms. The first-order valence-corrected chi connectivity index (χ1v) is 8.29. The highest BCUT2D eigenvalue weighted by Crippen LogP contribution is 2.25. The maximum Gasteiger partial charge on any atom is 0.258 e. The second kappa shape index (κ2) is 7.44. The summed E-state index contributed by atoms with van der Waals surface area (Å²) in [6.45, 7) is 0.335. The van der Waals surface area contributed by atoms with Crippen molar-refractivity contribution in [3.05, 3.63) is 80.8 Å². The van der Waals surface area contributed by atoms with Gasteiger partial charge in [0.1, 0.15) is 5.82 Å². The van der Waals surface area contributed by atoms with Gasteiger partial charge in [0, 0.05) is 11.2 Å². The number of anilines is 1. The van der Waals surface area contributed by atoms with Crippen LogP contribution in [0.2, 0.25) is 15.1 Å². The Morgan fingerprint density at radius 2 is 1.84 bits per heavy atom. The smallest absolute Gasteiger partial charge is 0.258 e. The minimum Gasteiger partial charge on any atom is -0.319 e. The van der Waals surface area contributed by atoms with E-state index >= 15 is 0 Å². The van der Waals surface area contributed by atoms with E-state index in [1.807, 2.05) is 0 Å². The lowest BCUT2D eigenvalue weighted by Gasteiger charge is -2.07. The van der Waals surface area contributed by atoms with Gasteiger partial charge in [-0.25, -0.2) is 4.39 Å². The zero-order valence-corrected chi connectivity index (χ0v) is 14.9. The fourth-order valence-corrected chi connectivity index (χ4v) is 3.04. The summed E-state index contributed by atoms with van der Waals surface area (Å²) in [5, 5.41) is 7.66. The van der Waals surface area contributed by atoms with Crippen molar-refractivity contribution in [1.29, 1.82) is 0 Å². The molecule has 8 heteroatoms. The third-order valence-electron chi connectivity index (χ3n) is 3.43. The molecule has 1 amide bonds. The SMILES string of the molecule is O=C(Nc1cnn(Cc2ccc(F)cc2Cl)c1)c1c(Cl)cccc1Cl. The normalized spacial score (nSPS) is 10.7. The summed E-state index contributed by atoms with van der Waals surface area (Å²) in [4.78, 5) is 12.3. The van der Waals surface area contributed by atoms with Crippen LogP contribution < -0.4 is 5.32 Å². The predicted octanol–water partition coefficient (Wildman–Crippen LogP) is 5.28. The van der Waals surface area contributed by atoms with Gasteiger partial charge in [0.05, 0.1) is 34.0 Å². The number of benzene rings is 2. The van der Waals surface area contributed by atoms with Crippen molar-refractivity contribution >= 4 is 46.4 Å². The molecule has 1 aromatic heterocycles. The molecular weight excluding hydrogens is 388 g/mol. The lowest BCUT2D eigenvalue weighted by molar-refractivity contribution is 0.102. The molecule has 0 spiro atoms. The summed E-state index contributed by atoms with van der Waals surface area (Å²) in [7, 11) is 0. The number of hydrogen-bond donors (Lipinski definition) is 1. The zero-order chi connectivity index (χ0) is 18.0. The van der Waals surface area contributed by atoms with Crippen LogP contribution in [0.5, 0.6) is 0 Å². The second-order valence-electron chi connectivity index (χ2n) is 5.21. The highest BCUT2D eigenvalue weighted by molar-refractivity contribution is 6.40. The Kier molecular flexibility index (Phi) is 5.27. The number of hydrogen-bond acceptors (Lipinski definition) is 2. The molecule has 2 aromatic carbocycles. The Hall–Kier alpha value is -2.08. The van der Waals surface area contributed by atoms with E-state index in [-0.39, 0.29) is 15.6 Å². The van der Waals surface area contributed by atoms with Crippen molar-refractivity contribution in [3.63, 3.8) is 0 Å². The number of carbonyl (C=O) groups excluding carboxylic acids is 1. The van der Waals surface area contributed by atoms with E-state index in [0.717, 1.165) is 0 Å². The van der Waals surface area contributed by atoms with Crippen LogP contribution >= 0.6 is 34.8 Å². The molecule has 4 nitrogen and oxygen atoms in total. The summed E-state index contributed by atoms with van der Waals surface area (Å²) in [6.07, 6.45) is 3.11. The topological polar surface area (TPSA) is 46.9 Å². The third kappa shape index (κ3) is 4.12. The van der Waals surface area contributed by atoms with Crippen molar-refractivity contribution in [1.82, 2.24) is 9.78 Å². The maximum atomic E-state index is 13.1. The van der Waals surface area contributed by atoms with E-state index in [1.165, 1.54) is 18.3 Å². The average molecular weight is 399 g/mol. The van der Waals surface area contributed by atoms with Gasteiger partial charge >= 0.3 is 0 Å². The van der Waals surface area contributed by atoms with E-state index < -0.39 is 11.7 Å². The van der Waals surface area contributed by atoms with Crippen LogP contribution in [0.25, 0.3) is 0 Å². The average Bonchev–Trinajstić information content (AvgIpc) is 2.97. The summed E-state index contributed by atoms with van der Waals surface area (Å²) >= 11 is 18.0. The van der Waals surface area contributed by atoms with Crippen LogP contribution in [0.3, 0.4) is 0 Å². The number of nitrogens with one attached hydrogen (secondary N) is 1. The van der Waals surface area contributed by atoms with E-state index in [4.69, 9.17) is 34.8 Å². The first-order valence-electron chi connectivity index (χ1n) is 7.16. The number of aromatic nitrogens is 2. The minimum absolute atomic E-state index is 0.195. The summed E-state index contributed by atoms with van der Waals surface area (Å²) < 4.78 is 14.7. The molecular formula is C17H11Cl3FN3O. The van der Waals surface area contributed by atoms with Gasteiger partial charge < -0.3 is 5.32 Å². The van der Waals surface area contributed by atoms with Crippen LogP contribution in [-0.4, -0.2) is 15.7 Å². The van der Waals surface area contributed by atoms with Crippen LogP contribution in [-0.2, 0) is 6.54 Å². The molecule has 3 aromatic rings. The Morgan fingerprint density at radius 3 is 2.52 bits per heavy atom. The second-order valence-corrected chi connectivity index (χ2v) is 6.43. The highest BCUT2D eigenvalue weighted by atomic mass is 35.5. The number of rotatable bonds is 4. The quantitative estimate of drug-likeness (QED) is 0.649. The van der Waals surface area contributed by atoms with Crippen molar-refractivity contribution < 1.29 is 9.18 Å². The Balaban J connectivity index is 1.74. The Morgan fingerprint density at radius 1 is 1.12 bits per heavy atom. The molecule has 0 unspecified atom stereocenters. The fraction of sp³-hybridized carbons (Fsp3) is 0.0588. The predicted molar refractivity (Wildman–Crippen MR) is 97.2 cm³/mol. The van der Waals surface area contributed by atoms with Gasteiger partial charge in [0.25, 0.3) is 5.91 Å². The molecule has 0 bridgehead atoms. The molecule has 0 aliphatic rings. The molecule has 0 aliphatic heterocycles. The number of halogens is 4. The molecule has 1 N–H and O–H groups in total. The van der Waals surface area contributed by atoms with Gasteiger partial charge in [-0.2, -0.15) is 5.10 Å². The zero-order valence-electron chi connectivity index (χ0n) is 12.6. The maximum absolute atomic E-state index is 13.1. The van der Waals surface area contributed by atoms with Crippen molar-refractivity contribution in [2.45, 2.75) is 6.54 Å². The van der Waals surface area contributed by atoms with Gasteiger partial charge in [-0.05, 0) is 29.8 Å². The standard InChI is InChI=1S/C17H11Cl3FN3O/c18-13-2-1-3-14(19)16(13)17(25)23-12-7-22-24(9-12)8-10-4-5-11(21)6-15(10)20/h1-7,9H,8H2,(H,23,25). The van der Waals surface area contributed by atoms with E-state index in [1.54, 1.807) is 35.1 Å². The first-order chi connectivity index (χ1) is 11.9. The molecule has 0 saturated heterocycles. The summed E-state index contributed by atoms with van der Waals surface area (Å²) in [5.74, 6) is -0.839. The Labute approximate surface area is 158 Å². The summed E-state index contributed by atoms with van der Waals surface area (Å²) in [5.41, 5.74) is 1.37. The monoisotopic (exact) mass is 397 g/mol. The van der Waals surface area contributed by atoms with Gasteiger partial charge in [-0.15, -0.1) is 0 Å². The van der Waals surface area contributed by atoms with Crippen molar-refractivity contribution in [2.75, 3.05) is 5.32 Å². The number of nitrogens with zero attached hydrogens (tertiary/aromatic N) is 2. The lowest BCUT2D eigenvalue weighted by Crippen LogP contribution is -2.12. The van der Waals surface area contributed by atoms with Gasteiger partial charge in [-0.3, -0.25) is 9.48 Å². The number of amides is 1. The third-order valence-corrected chi connectivity index (χ3v) is 4.41. The van der Waals surface area contributed by atoms with Gasteiger partial charge in [0.15, 0.2) is 0 Å².